The first-order valence-corrected chi connectivity index (χ1v) is 4.92. The van der Waals surface area contributed by atoms with Gasteiger partial charge in [-0.05, 0) is 34.6 Å². The molecule has 0 unspecified atom stereocenters. The maximum Gasteiger partial charge on any atom is 2.00 e. The van der Waals surface area contributed by atoms with Gasteiger partial charge in [-0.25, -0.2) is 0 Å². The summed E-state index contributed by atoms with van der Waals surface area (Å²) in [6.45, 7) is 8.65. The van der Waals surface area contributed by atoms with Crippen molar-refractivity contribution in [2.75, 3.05) is 6.61 Å². The fraction of sp³-hybridized carbons (Fsp3) is 0.636. The number of hydrogen-bond acceptors (Lipinski definition) is 7. The van der Waals surface area contributed by atoms with Gasteiger partial charge in [0.2, 0.25) is 0 Å². The SMILES string of the molecule is CC(=O)[O-].CC(=O)[O-].CC(C)=O.CCOC(C)=O.[Zr+2]. The molecule has 7 nitrogen and oxygen atoms in total. The van der Waals surface area contributed by atoms with E-state index in [9.17, 15) is 9.59 Å². The van der Waals surface area contributed by atoms with Crippen LogP contribution in [0.4, 0.5) is 0 Å². The minimum absolute atomic E-state index is 0. The number of hydrogen-bond donors (Lipinski definition) is 0. The Balaban J connectivity index is -0.0000000459. The maximum absolute atomic E-state index is 9.82. The predicted molar refractivity (Wildman–Crippen MR) is 60.0 cm³/mol. The zero-order valence-electron chi connectivity index (χ0n) is 12.1. The number of esters is 1. The number of carbonyl (C=O) groups excluding carboxylic acids is 4. The van der Waals surface area contributed by atoms with E-state index in [2.05, 4.69) is 4.74 Å². The Kier molecular flexibility index (Phi) is 41.6. The van der Waals surface area contributed by atoms with Crippen LogP contribution < -0.4 is 10.2 Å². The molecule has 19 heavy (non-hydrogen) atoms. The van der Waals surface area contributed by atoms with Crippen molar-refractivity contribution < 1.29 is 60.3 Å². The summed E-state index contributed by atoms with van der Waals surface area (Å²) in [4.78, 5) is 37.0. The van der Waals surface area contributed by atoms with E-state index in [4.69, 9.17) is 19.8 Å². The van der Waals surface area contributed by atoms with Gasteiger partial charge < -0.3 is 29.3 Å². The quantitative estimate of drug-likeness (QED) is 0.534. The molecule has 0 bridgehead atoms. The summed E-state index contributed by atoms with van der Waals surface area (Å²) in [7, 11) is 0. The fourth-order valence-electron chi connectivity index (χ4n) is 0.203. The largest absolute Gasteiger partial charge is 2.00 e. The molecule has 0 aromatic rings. The van der Waals surface area contributed by atoms with Gasteiger partial charge in [-0.15, -0.1) is 0 Å². The Bertz CT molecular complexity index is 211. The summed E-state index contributed by atoms with van der Waals surface area (Å²) in [6, 6.07) is 0. The Morgan fingerprint density at radius 2 is 1.00 bits per heavy atom. The van der Waals surface area contributed by atoms with Gasteiger partial charge in [-0.3, -0.25) is 4.79 Å². The van der Waals surface area contributed by atoms with Gasteiger partial charge >= 0.3 is 32.2 Å². The molecular formula is C11H20O7Zr. The average Bonchev–Trinajstić information content (AvgIpc) is 1.98. The van der Waals surface area contributed by atoms with Crippen LogP contribution in [0.1, 0.15) is 41.5 Å². The molecule has 0 heterocycles. The van der Waals surface area contributed by atoms with Crippen molar-refractivity contribution in [3.8, 4) is 0 Å². The molecule has 0 rings (SSSR count). The van der Waals surface area contributed by atoms with E-state index in [1.807, 2.05) is 0 Å². The minimum atomic E-state index is -1.08. The van der Waals surface area contributed by atoms with E-state index in [1.165, 1.54) is 20.8 Å². The van der Waals surface area contributed by atoms with E-state index in [-0.39, 0.29) is 38.0 Å². The number of rotatable bonds is 1. The predicted octanol–water partition coefficient (Wildman–Crippen LogP) is -1.33. The van der Waals surface area contributed by atoms with Gasteiger partial charge in [0.05, 0.1) is 6.61 Å². The van der Waals surface area contributed by atoms with E-state index < -0.39 is 11.9 Å². The van der Waals surface area contributed by atoms with Gasteiger partial charge in [0.1, 0.15) is 5.78 Å². The minimum Gasteiger partial charge on any atom is -0.550 e. The Hall–Kier alpha value is -1.04. The average molecular weight is 355 g/mol. The number of carbonyl (C=O) groups is 4. The molecule has 0 atom stereocenters. The molecule has 0 fully saturated rings. The summed E-state index contributed by atoms with van der Waals surface area (Å²) < 4.78 is 4.40. The van der Waals surface area contributed by atoms with Crippen LogP contribution in [0.5, 0.6) is 0 Å². The van der Waals surface area contributed by atoms with Gasteiger partial charge in [-0.1, -0.05) is 0 Å². The van der Waals surface area contributed by atoms with Gasteiger partial charge in [0, 0.05) is 18.9 Å². The topological polar surface area (TPSA) is 124 Å². The van der Waals surface area contributed by atoms with Crippen LogP contribution in [0.3, 0.4) is 0 Å². The zero-order valence-corrected chi connectivity index (χ0v) is 14.5. The molecule has 0 amide bonds. The molecular weight excluding hydrogens is 335 g/mol. The standard InChI is InChI=1S/C4H8O2.C3H6O.2C2H4O2.Zr/c1-3-6-4(2)5;1-3(2)4;2*1-2(3)4;/h3H2,1-2H3;1-2H3;2*1H3,(H,3,4);/q;;;;+2/p-2. The second-order valence-corrected chi connectivity index (χ2v) is 2.82. The van der Waals surface area contributed by atoms with Crippen LogP contribution in [0.2, 0.25) is 0 Å². The molecule has 0 N–H and O–H groups in total. The van der Waals surface area contributed by atoms with Crippen molar-refractivity contribution in [3.63, 3.8) is 0 Å². The third kappa shape index (κ3) is 986. The van der Waals surface area contributed by atoms with Crippen molar-refractivity contribution in [3.05, 3.63) is 0 Å². The monoisotopic (exact) mass is 354 g/mol. The third-order valence-electron chi connectivity index (χ3n) is 0.348. The molecule has 0 aromatic heterocycles. The molecule has 0 saturated heterocycles. The summed E-state index contributed by atoms with van der Waals surface area (Å²) in [6.07, 6.45) is 0. The van der Waals surface area contributed by atoms with Crippen LogP contribution in [-0.2, 0) is 50.1 Å². The molecule has 0 radical (unpaired) electrons. The van der Waals surface area contributed by atoms with E-state index in [0.717, 1.165) is 13.8 Å². The Morgan fingerprint density at radius 3 is 1.00 bits per heavy atom. The third-order valence-corrected chi connectivity index (χ3v) is 0.348. The normalized spacial score (nSPS) is 6.42. The molecule has 0 spiro atoms. The smallest absolute Gasteiger partial charge is 0.550 e. The summed E-state index contributed by atoms with van der Waals surface area (Å²) in [5.41, 5.74) is 0. The first-order chi connectivity index (χ1) is 7.97. The number of aliphatic carboxylic acids is 2. The molecule has 0 saturated carbocycles. The number of carboxylic acid groups (broad SMARTS) is 2. The van der Waals surface area contributed by atoms with Crippen LogP contribution in [-0.4, -0.2) is 30.3 Å². The van der Waals surface area contributed by atoms with Crippen LogP contribution in [0.15, 0.2) is 0 Å². The number of ether oxygens (including phenoxy) is 1. The van der Waals surface area contributed by atoms with E-state index in [0.29, 0.717) is 6.61 Å². The van der Waals surface area contributed by atoms with Crippen molar-refractivity contribution >= 4 is 23.7 Å². The second kappa shape index (κ2) is 25.7. The molecule has 110 valence electrons. The molecule has 0 aromatic carbocycles. The van der Waals surface area contributed by atoms with Crippen LogP contribution >= 0.6 is 0 Å². The summed E-state index contributed by atoms with van der Waals surface area (Å²) in [5, 5.41) is 17.8. The van der Waals surface area contributed by atoms with Gasteiger partial charge in [0.25, 0.3) is 0 Å². The van der Waals surface area contributed by atoms with Crippen molar-refractivity contribution in [1.82, 2.24) is 0 Å². The van der Waals surface area contributed by atoms with Crippen LogP contribution in [0.25, 0.3) is 0 Å². The molecule has 0 aliphatic rings. The zero-order chi connectivity index (χ0) is 15.7. The van der Waals surface area contributed by atoms with Crippen molar-refractivity contribution in [2.24, 2.45) is 0 Å². The first-order valence-electron chi connectivity index (χ1n) is 4.92. The fourth-order valence-corrected chi connectivity index (χ4v) is 0.203. The molecule has 0 aliphatic carbocycles. The first kappa shape index (κ1) is 30.8. The summed E-state index contributed by atoms with van der Waals surface area (Å²) in [5.74, 6) is -2.21. The van der Waals surface area contributed by atoms with E-state index >= 15 is 0 Å². The summed E-state index contributed by atoms with van der Waals surface area (Å²) >= 11 is 0. The van der Waals surface area contributed by atoms with Gasteiger partial charge in [0.15, 0.2) is 0 Å². The molecule has 8 heteroatoms. The molecule has 0 aliphatic heterocycles. The number of Topliss-reactive ketones (excluding diaryl/α,β-unsaturated/α-hetero) is 1. The number of carboxylic acids is 2. The second-order valence-electron chi connectivity index (χ2n) is 2.82. The number of ketones is 1. The van der Waals surface area contributed by atoms with Crippen molar-refractivity contribution in [1.29, 1.82) is 0 Å². The van der Waals surface area contributed by atoms with E-state index in [1.54, 1.807) is 6.92 Å². The van der Waals surface area contributed by atoms with Crippen LogP contribution in [0, 0.1) is 0 Å². The van der Waals surface area contributed by atoms with Gasteiger partial charge in [-0.2, -0.15) is 0 Å². The Labute approximate surface area is 132 Å². The Morgan fingerprint density at radius 1 is 0.842 bits per heavy atom. The van der Waals surface area contributed by atoms with Crippen molar-refractivity contribution in [2.45, 2.75) is 41.5 Å². The maximum atomic E-state index is 9.82.